The average Bonchev–Trinajstić information content (AvgIpc) is 3.05. The summed E-state index contributed by atoms with van der Waals surface area (Å²) in [6, 6.07) is 0. The summed E-state index contributed by atoms with van der Waals surface area (Å²) < 4.78 is 0. The number of allylic oxidation sites excluding steroid dienone is 7. The van der Waals surface area contributed by atoms with Gasteiger partial charge in [-0.3, -0.25) is 0 Å². The highest BCUT2D eigenvalue weighted by atomic mass is 14.5. The molecule has 0 heteroatoms. The quantitative estimate of drug-likeness (QED) is 0.394. The average molecular weight is 395 g/mol. The van der Waals surface area contributed by atoms with Gasteiger partial charge in [0.05, 0.1) is 0 Å². The fourth-order valence-electron chi connectivity index (χ4n) is 6.83. The second kappa shape index (κ2) is 9.84. The van der Waals surface area contributed by atoms with E-state index in [0.29, 0.717) is 11.3 Å². The van der Waals surface area contributed by atoms with Crippen LogP contribution in [0.5, 0.6) is 0 Å². The van der Waals surface area contributed by atoms with Gasteiger partial charge in [-0.15, -0.1) is 0 Å². The smallest absolute Gasteiger partial charge is 0.0143 e. The summed E-state index contributed by atoms with van der Waals surface area (Å²) in [6.07, 6.45) is 23.4. The first kappa shape index (κ1) is 22.6. The van der Waals surface area contributed by atoms with E-state index in [4.69, 9.17) is 0 Å². The molecule has 3 fully saturated rings. The Balaban J connectivity index is 1.74. The third kappa shape index (κ3) is 5.00. The van der Waals surface area contributed by atoms with Gasteiger partial charge in [-0.1, -0.05) is 76.6 Å². The van der Waals surface area contributed by atoms with Gasteiger partial charge >= 0.3 is 0 Å². The molecule has 0 heterocycles. The molecule has 0 aromatic rings. The van der Waals surface area contributed by atoms with Crippen molar-refractivity contribution < 1.29 is 0 Å². The third-order valence-corrected chi connectivity index (χ3v) is 8.79. The van der Waals surface area contributed by atoms with E-state index in [1.54, 1.807) is 5.57 Å². The minimum absolute atomic E-state index is 0.495. The lowest BCUT2D eigenvalue weighted by atomic mass is 9.61. The highest BCUT2D eigenvalue weighted by Gasteiger charge is 2.50. The maximum absolute atomic E-state index is 4.32. The molecule has 5 atom stereocenters. The summed E-state index contributed by atoms with van der Waals surface area (Å²) in [7, 11) is 0. The van der Waals surface area contributed by atoms with Crippen LogP contribution in [0.3, 0.4) is 0 Å². The molecule has 0 aromatic carbocycles. The van der Waals surface area contributed by atoms with Crippen LogP contribution >= 0.6 is 0 Å². The molecule has 0 aliphatic heterocycles. The molecule has 3 rings (SSSR count). The Kier molecular flexibility index (Phi) is 7.69. The van der Waals surface area contributed by atoms with Crippen molar-refractivity contribution in [3.63, 3.8) is 0 Å². The monoisotopic (exact) mass is 394 g/mol. The lowest BCUT2D eigenvalue weighted by molar-refractivity contribution is 0.112. The summed E-state index contributed by atoms with van der Waals surface area (Å²) >= 11 is 0. The number of fused-ring (bicyclic) bond motifs is 1. The molecule has 0 radical (unpaired) electrons. The minimum atomic E-state index is 0.495. The molecular formula is C29H46. The highest BCUT2D eigenvalue weighted by Crippen LogP contribution is 2.59. The Morgan fingerprint density at radius 3 is 2.45 bits per heavy atom. The summed E-state index contributed by atoms with van der Waals surface area (Å²) in [4.78, 5) is 0. The molecule has 3 aliphatic rings. The fourth-order valence-corrected chi connectivity index (χ4v) is 6.83. The molecule has 29 heavy (non-hydrogen) atoms. The van der Waals surface area contributed by atoms with Gasteiger partial charge in [0.15, 0.2) is 0 Å². The van der Waals surface area contributed by atoms with Gasteiger partial charge in [0.2, 0.25) is 0 Å². The minimum Gasteiger partial charge on any atom is -0.0956 e. The summed E-state index contributed by atoms with van der Waals surface area (Å²) in [5.41, 5.74) is 5.17. The number of hydrogen-bond donors (Lipinski definition) is 0. The molecule has 0 bridgehead atoms. The first-order chi connectivity index (χ1) is 13.9. The normalized spacial score (nSPS) is 35.6. The summed E-state index contributed by atoms with van der Waals surface area (Å²) in [5.74, 6) is 3.84. The largest absolute Gasteiger partial charge is 0.0956 e. The number of rotatable bonds is 6. The second-order valence-electron chi connectivity index (χ2n) is 10.9. The molecule has 0 nitrogen and oxygen atoms in total. The van der Waals surface area contributed by atoms with Crippen LogP contribution in [-0.4, -0.2) is 0 Å². The fraction of sp³-hybridized carbons (Fsp3) is 0.724. The van der Waals surface area contributed by atoms with Crippen molar-refractivity contribution in [2.75, 3.05) is 0 Å². The Morgan fingerprint density at radius 1 is 1.00 bits per heavy atom. The van der Waals surface area contributed by atoms with Crippen LogP contribution in [0.15, 0.2) is 47.6 Å². The van der Waals surface area contributed by atoms with Crippen LogP contribution in [0.25, 0.3) is 0 Å². The van der Waals surface area contributed by atoms with Gasteiger partial charge in [0.25, 0.3) is 0 Å². The summed E-state index contributed by atoms with van der Waals surface area (Å²) in [6.45, 7) is 16.5. The van der Waals surface area contributed by atoms with Crippen molar-refractivity contribution in [1.82, 2.24) is 0 Å². The third-order valence-electron chi connectivity index (χ3n) is 8.79. The Hall–Kier alpha value is -1.04. The molecule has 0 spiro atoms. The molecule has 3 saturated carbocycles. The van der Waals surface area contributed by atoms with E-state index in [0.717, 1.165) is 23.7 Å². The molecule has 3 aliphatic carbocycles. The van der Waals surface area contributed by atoms with Crippen molar-refractivity contribution in [3.05, 3.63) is 47.6 Å². The van der Waals surface area contributed by atoms with E-state index in [-0.39, 0.29) is 0 Å². The Labute approximate surface area is 181 Å². The van der Waals surface area contributed by atoms with E-state index in [2.05, 4.69) is 65.5 Å². The van der Waals surface area contributed by atoms with E-state index in [9.17, 15) is 0 Å². The van der Waals surface area contributed by atoms with Crippen LogP contribution in [0, 0.1) is 35.0 Å². The Morgan fingerprint density at radius 2 is 1.76 bits per heavy atom. The lowest BCUT2D eigenvalue weighted by Gasteiger charge is -2.44. The first-order valence-corrected chi connectivity index (χ1v) is 12.6. The van der Waals surface area contributed by atoms with Crippen molar-refractivity contribution in [2.24, 2.45) is 35.0 Å². The maximum Gasteiger partial charge on any atom is -0.0143 e. The predicted octanol–water partition coefficient (Wildman–Crippen LogP) is 9.06. The van der Waals surface area contributed by atoms with Gasteiger partial charge < -0.3 is 0 Å². The lowest BCUT2D eigenvalue weighted by Crippen LogP contribution is -2.35. The second-order valence-corrected chi connectivity index (χ2v) is 10.9. The van der Waals surface area contributed by atoms with Crippen molar-refractivity contribution in [2.45, 2.75) is 98.8 Å². The van der Waals surface area contributed by atoms with E-state index in [1.807, 2.05) is 0 Å². The van der Waals surface area contributed by atoms with Gasteiger partial charge in [0, 0.05) is 0 Å². The van der Waals surface area contributed by atoms with Gasteiger partial charge in [-0.2, -0.15) is 0 Å². The number of hydrogen-bond acceptors (Lipinski definition) is 0. The zero-order chi connectivity index (χ0) is 21.0. The van der Waals surface area contributed by atoms with E-state index in [1.165, 1.54) is 75.4 Å². The zero-order valence-corrected chi connectivity index (χ0v) is 20.0. The van der Waals surface area contributed by atoms with Crippen LogP contribution in [0.4, 0.5) is 0 Å². The molecule has 0 saturated heterocycles. The van der Waals surface area contributed by atoms with Crippen LogP contribution in [-0.2, 0) is 0 Å². The van der Waals surface area contributed by atoms with Crippen molar-refractivity contribution in [1.29, 1.82) is 0 Å². The van der Waals surface area contributed by atoms with Crippen molar-refractivity contribution in [3.8, 4) is 0 Å². The van der Waals surface area contributed by atoms with E-state index >= 15 is 0 Å². The molecular weight excluding hydrogens is 348 g/mol. The van der Waals surface area contributed by atoms with Crippen LogP contribution in [0.2, 0.25) is 0 Å². The Bertz CT molecular complexity index is 658. The van der Waals surface area contributed by atoms with Gasteiger partial charge in [0.1, 0.15) is 0 Å². The predicted molar refractivity (Wildman–Crippen MR) is 129 cm³/mol. The molecule has 0 N–H and O–H groups in total. The SMILES string of the molecule is C=C1CCCC/C1=C/C=C1\CCC[C@@]2(C)C1CC[C@H]2C(C)/C=C/C(CC)C(C)C. The zero-order valence-electron chi connectivity index (χ0n) is 20.0. The van der Waals surface area contributed by atoms with Crippen LogP contribution in [0.1, 0.15) is 98.8 Å². The first-order valence-electron chi connectivity index (χ1n) is 12.6. The topological polar surface area (TPSA) is 0 Å². The summed E-state index contributed by atoms with van der Waals surface area (Å²) in [5, 5.41) is 0. The molecule has 0 aromatic heterocycles. The van der Waals surface area contributed by atoms with E-state index < -0.39 is 0 Å². The highest BCUT2D eigenvalue weighted by molar-refractivity contribution is 5.35. The van der Waals surface area contributed by atoms with Gasteiger partial charge in [-0.05, 0) is 105 Å². The maximum atomic E-state index is 4.32. The molecule has 0 amide bonds. The molecule has 3 unspecified atom stereocenters. The van der Waals surface area contributed by atoms with Crippen molar-refractivity contribution >= 4 is 0 Å². The van der Waals surface area contributed by atoms with Crippen LogP contribution < -0.4 is 0 Å². The van der Waals surface area contributed by atoms with Gasteiger partial charge in [-0.25, -0.2) is 0 Å². The molecule has 162 valence electrons. The standard InChI is InChI=1S/C29H46/c1-7-24(21(2)3)15-14-23(5)27-18-19-28-26(13-10-20-29(27,28)6)17-16-25-12-9-8-11-22(25)4/h14-17,21,23-24,27-28H,4,7-13,18-20H2,1-3,5-6H3/b15-14+,25-16-,26-17+/t23?,24?,27-,28?,29+/m0/s1.